The summed E-state index contributed by atoms with van der Waals surface area (Å²) >= 11 is 5.96. The van der Waals surface area contributed by atoms with Crippen LogP contribution in [0.5, 0.6) is 0 Å². The topological polar surface area (TPSA) is 12.0 Å². The van der Waals surface area contributed by atoms with Crippen LogP contribution in [0.1, 0.15) is 32.3 Å². The van der Waals surface area contributed by atoms with E-state index in [9.17, 15) is 0 Å². The second-order valence-electron chi connectivity index (χ2n) is 4.78. The Bertz CT molecular complexity index is 309. The molecule has 0 amide bonds. The second kappa shape index (κ2) is 6.93. The molecule has 0 aliphatic heterocycles. The quantitative estimate of drug-likeness (QED) is 0.794. The van der Waals surface area contributed by atoms with E-state index >= 15 is 0 Å². The third kappa shape index (κ3) is 5.00. The van der Waals surface area contributed by atoms with E-state index in [2.05, 4.69) is 31.3 Å². The van der Waals surface area contributed by atoms with Crippen LogP contribution in [0.2, 0.25) is 5.02 Å². The molecular formula is C14H22ClN. The third-order valence-electron chi connectivity index (χ3n) is 2.83. The highest BCUT2D eigenvalue weighted by molar-refractivity contribution is 6.30. The van der Waals surface area contributed by atoms with Gasteiger partial charge in [0.1, 0.15) is 0 Å². The fourth-order valence-electron chi connectivity index (χ4n) is 1.98. The summed E-state index contributed by atoms with van der Waals surface area (Å²) in [5.41, 5.74) is 1.33. The highest BCUT2D eigenvalue weighted by atomic mass is 35.5. The van der Waals surface area contributed by atoms with Crippen LogP contribution < -0.4 is 5.32 Å². The average Bonchev–Trinajstić information content (AvgIpc) is 2.24. The van der Waals surface area contributed by atoms with E-state index in [0.29, 0.717) is 6.04 Å². The van der Waals surface area contributed by atoms with Crippen molar-refractivity contribution in [3.05, 3.63) is 34.9 Å². The zero-order valence-corrected chi connectivity index (χ0v) is 11.2. The lowest BCUT2D eigenvalue weighted by Gasteiger charge is -2.18. The molecule has 16 heavy (non-hydrogen) atoms. The lowest BCUT2D eigenvalue weighted by atomic mass is 9.97. The van der Waals surface area contributed by atoms with Gasteiger partial charge in [-0.3, -0.25) is 0 Å². The fraction of sp³-hybridized carbons (Fsp3) is 0.571. The molecule has 0 aromatic heterocycles. The molecule has 0 heterocycles. The number of benzene rings is 1. The molecule has 1 nitrogen and oxygen atoms in total. The Morgan fingerprint density at radius 2 is 2.06 bits per heavy atom. The summed E-state index contributed by atoms with van der Waals surface area (Å²) < 4.78 is 0. The van der Waals surface area contributed by atoms with E-state index in [1.807, 2.05) is 19.2 Å². The number of hydrogen-bond donors (Lipinski definition) is 1. The zero-order valence-electron chi connectivity index (χ0n) is 10.5. The van der Waals surface area contributed by atoms with E-state index in [0.717, 1.165) is 17.4 Å². The molecular weight excluding hydrogens is 218 g/mol. The van der Waals surface area contributed by atoms with Crippen molar-refractivity contribution < 1.29 is 0 Å². The van der Waals surface area contributed by atoms with Gasteiger partial charge in [0.25, 0.3) is 0 Å². The van der Waals surface area contributed by atoms with Crippen molar-refractivity contribution in [1.29, 1.82) is 0 Å². The van der Waals surface area contributed by atoms with Gasteiger partial charge in [0.05, 0.1) is 0 Å². The van der Waals surface area contributed by atoms with Gasteiger partial charge in [-0.1, -0.05) is 37.6 Å². The number of halogens is 1. The van der Waals surface area contributed by atoms with Gasteiger partial charge in [0.2, 0.25) is 0 Å². The summed E-state index contributed by atoms with van der Waals surface area (Å²) in [6.07, 6.45) is 3.50. The zero-order chi connectivity index (χ0) is 12.0. The van der Waals surface area contributed by atoms with E-state index in [1.165, 1.54) is 18.4 Å². The maximum absolute atomic E-state index is 5.96. The molecule has 90 valence electrons. The first kappa shape index (κ1) is 13.5. The predicted octanol–water partition coefficient (Wildman–Crippen LogP) is 3.91. The van der Waals surface area contributed by atoms with E-state index in [1.54, 1.807) is 0 Å². The Balaban J connectivity index is 2.43. The van der Waals surface area contributed by atoms with Gasteiger partial charge in [0.15, 0.2) is 0 Å². The molecule has 1 N–H and O–H groups in total. The largest absolute Gasteiger partial charge is 0.317 e. The first-order valence-corrected chi connectivity index (χ1v) is 6.41. The Kier molecular flexibility index (Phi) is 5.86. The molecule has 1 aromatic carbocycles. The number of hydrogen-bond acceptors (Lipinski definition) is 1. The average molecular weight is 240 g/mol. The van der Waals surface area contributed by atoms with Crippen molar-refractivity contribution in [1.82, 2.24) is 5.32 Å². The van der Waals surface area contributed by atoms with Crippen LogP contribution in [-0.2, 0) is 6.42 Å². The van der Waals surface area contributed by atoms with Crippen LogP contribution in [0, 0.1) is 5.92 Å². The molecule has 2 heteroatoms. The molecule has 0 bridgehead atoms. The van der Waals surface area contributed by atoms with Crippen LogP contribution in [0.3, 0.4) is 0 Å². The summed E-state index contributed by atoms with van der Waals surface area (Å²) in [6.45, 7) is 4.54. The van der Waals surface area contributed by atoms with Crippen molar-refractivity contribution in [2.75, 3.05) is 7.05 Å². The monoisotopic (exact) mass is 239 g/mol. The van der Waals surface area contributed by atoms with Gasteiger partial charge >= 0.3 is 0 Å². The first-order valence-electron chi connectivity index (χ1n) is 6.03. The Morgan fingerprint density at radius 3 is 2.62 bits per heavy atom. The molecule has 0 fully saturated rings. The molecule has 0 saturated heterocycles. The van der Waals surface area contributed by atoms with Crippen LogP contribution >= 0.6 is 11.6 Å². The van der Waals surface area contributed by atoms with Crippen molar-refractivity contribution in [3.8, 4) is 0 Å². The number of rotatable bonds is 6. The van der Waals surface area contributed by atoms with E-state index in [-0.39, 0.29) is 0 Å². The molecule has 0 spiro atoms. The first-order chi connectivity index (χ1) is 7.61. The van der Waals surface area contributed by atoms with Crippen LogP contribution in [0.4, 0.5) is 0 Å². The molecule has 0 radical (unpaired) electrons. The van der Waals surface area contributed by atoms with Gasteiger partial charge in [-0.05, 0) is 49.9 Å². The van der Waals surface area contributed by atoms with Gasteiger partial charge in [0, 0.05) is 11.1 Å². The van der Waals surface area contributed by atoms with E-state index < -0.39 is 0 Å². The molecule has 0 aliphatic carbocycles. The molecule has 1 atom stereocenters. The Labute approximate surface area is 104 Å². The van der Waals surface area contributed by atoms with Gasteiger partial charge < -0.3 is 5.32 Å². The molecule has 1 aromatic rings. The molecule has 0 saturated carbocycles. The van der Waals surface area contributed by atoms with Crippen molar-refractivity contribution in [2.24, 2.45) is 5.92 Å². The number of nitrogens with one attached hydrogen (secondary N) is 1. The third-order valence-corrected chi connectivity index (χ3v) is 3.07. The minimum Gasteiger partial charge on any atom is -0.317 e. The smallest absolute Gasteiger partial charge is 0.0408 e. The Morgan fingerprint density at radius 1 is 1.31 bits per heavy atom. The van der Waals surface area contributed by atoms with Crippen LogP contribution in [0.15, 0.2) is 24.3 Å². The summed E-state index contributed by atoms with van der Waals surface area (Å²) in [4.78, 5) is 0. The normalized spacial score (nSPS) is 13.1. The second-order valence-corrected chi connectivity index (χ2v) is 5.22. The predicted molar refractivity (Wildman–Crippen MR) is 72.1 cm³/mol. The lowest BCUT2D eigenvalue weighted by molar-refractivity contribution is 0.422. The van der Waals surface area contributed by atoms with Crippen LogP contribution in [0.25, 0.3) is 0 Å². The highest BCUT2D eigenvalue weighted by Gasteiger charge is 2.08. The maximum atomic E-state index is 5.96. The van der Waals surface area contributed by atoms with Gasteiger partial charge in [-0.2, -0.15) is 0 Å². The summed E-state index contributed by atoms with van der Waals surface area (Å²) in [6, 6.07) is 8.76. The summed E-state index contributed by atoms with van der Waals surface area (Å²) in [5.74, 6) is 0.747. The lowest BCUT2D eigenvalue weighted by Crippen LogP contribution is -2.27. The minimum atomic E-state index is 0.610. The highest BCUT2D eigenvalue weighted by Crippen LogP contribution is 2.15. The SMILES string of the molecule is CNC(CCc1cccc(Cl)c1)CC(C)C. The molecule has 1 unspecified atom stereocenters. The minimum absolute atomic E-state index is 0.610. The molecule has 0 aliphatic rings. The van der Waals surface area contributed by atoms with Crippen molar-refractivity contribution in [2.45, 2.75) is 39.2 Å². The van der Waals surface area contributed by atoms with Gasteiger partial charge in [-0.25, -0.2) is 0 Å². The van der Waals surface area contributed by atoms with E-state index in [4.69, 9.17) is 11.6 Å². The molecule has 1 rings (SSSR count). The van der Waals surface area contributed by atoms with Gasteiger partial charge in [-0.15, -0.1) is 0 Å². The fourth-order valence-corrected chi connectivity index (χ4v) is 2.20. The summed E-state index contributed by atoms with van der Waals surface area (Å²) in [5, 5.41) is 4.22. The standard InChI is InChI=1S/C14H22ClN/c1-11(2)9-14(16-3)8-7-12-5-4-6-13(15)10-12/h4-6,10-11,14,16H,7-9H2,1-3H3. The van der Waals surface area contributed by atoms with Crippen molar-refractivity contribution in [3.63, 3.8) is 0 Å². The summed E-state index contributed by atoms with van der Waals surface area (Å²) in [7, 11) is 2.05. The Hall–Kier alpha value is -0.530. The van der Waals surface area contributed by atoms with Crippen molar-refractivity contribution >= 4 is 11.6 Å². The maximum Gasteiger partial charge on any atom is 0.0408 e. The van der Waals surface area contributed by atoms with Crippen LogP contribution in [-0.4, -0.2) is 13.1 Å². The number of aryl methyl sites for hydroxylation is 1.